The first-order valence-electron chi connectivity index (χ1n) is 8.90. The normalized spacial score (nSPS) is 18.0. The van der Waals surface area contributed by atoms with E-state index in [-0.39, 0.29) is 11.3 Å². The number of methoxy groups -OCH3 is 3. The minimum absolute atomic E-state index is 0.157. The van der Waals surface area contributed by atoms with Crippen molar-refractivity contribution in [2.45, 2.75) is 19.3 Å². The molecule has 1 heterocycles. The Morgan fingerprint density at radius 3 is 2.43 bits per heavy atom. The van der Waals surface area contributed by atoms with Crippen LogP contribution in [0.15, 0.2) is 34.8 Å². The van der Waals surface area contributed by atoms with Gasteiger partial charge < -0.3 is 23.9 Å². The van der Waals surface area contributed by atoms with Crippen LogP contribution in [0.3, 0.4) is 0 Å². The second kappa shape index (κ2) is 8.21. The summed E-state index contributed by atoms with van der Waals surface area (Å²) in [6.45, 7) is 2.18. The van der Waals surface area contributed by atoms with Gasteiger partial charge in [0.2, 0.25) is 5.91 Å². The Bertz CT molecular complexity index is 914. The summed E-state index contributed by atoms with van der Waals surface area (Å²) in [4.78, 5) is 24.4. The van der Waals surface area contributed by atoms with E-state index < -0.39 is 11.9 Å². The minimum atomic E-state index is -0.602. The lowest BCUT2D eigenvalue weighted by molar-refractivity contribution is -0.111. The maximum Gasteiger partial charge on any atom is 0.340 e. The lowest BCUT2D eigenvalue weighted by atomic mass is 10.1. The maximum atomic E-state index is 12.3. The molecule has 1 fully saturated rings. The van der Waals surface area contributed by atoms with Gasteiger partial charge in [0.05, 0.1) is 32.6 Å². The van der Waals surface area contributed by atoms with Crippen LogP contribution in [0.1, 0.15) is 41.1 Å². The molecule has 3 rings (SSSR count). The van der Waals surface area contributed by atoms with Gasteiger partial charge in [-0.3, -0.25) is 4.79 Å². The second-order valence-corrected chi connectivity index (χ2v) is 6.63. The third-order valence-corrected chi connectivity index (χ3v) is 4.71. The third-order valence-electron chi connectivity index (χ3n) is 4.71. The molecule has 1 aliphatic carbocycles. The molecule has 7 nitrogen and oxygen atoms in total. The molecule has 2 atom stereocenters. The molecule has 1 N–H and O–H groups in total. The van der Waals surface area contributed by atoms with Crippen LogP contribution < -0.4 is 14.8 Å². The average molecular weight is 385 g/mol. The number of carbonyl (C=O) groups excluding carboxylic acids is 2. The Balaban J connectivity index is 1.76. The van der Waals surface area contributed by atoms with Crippen LogP contribution in [-0.4, -0.2) is 33.2 Å². The van der Waals surface area contributed by atoms with Crippen LogP contribution in [0.5, 0.6) is 11.5 Å². The molecule has 0 spiro atoms. The maximum absolute atomic E-state index is 12.3. The van der Waals surface area contributed by atoms with Crippen LogP contribution in [-0.2, 0) is 9.53 Å². The molecular formula is C21H23NO6. The number of anilines is 1. The molecule has 2 aromatic rings. The number of furan rings is 1. The molecular weight excluding hydrogens is 362 g/mol. The molecule has 0 radical (unpaired) electrons. The first kappa shape index (κ1) is 19.5. The van der Waals surface area contributed by atoms with Crippen molar-refractivity contribution in [2.24, 2.45) is 5.92 Å². The predicted molar refractivity (Wildman–Crippen MR) is 104 cm³/mol. The molecule has 1 saturated carbocycles. The van der Waals surface area contributed by atoms with E-state index in [0.29, 0.717) is 29.1 Å². The Morgan fingerprint density at radius 1 is 1.14 bits per heavy atom. The van der Waals surface area contributed by atoms with Crippen molar-refractivity contribution < 1.29 is 28.2 Å². The second-order valence-electron chi connectivity index (χ2n) is 6.63. The number of carbonyl (C=O) groups is 2. The highest BCUT2D eigenvalue weighted by atomic mass is 16.5. The van der Waals surface area contributed by atoms with E-state index in [1.54, 1.807) is 6.08 Å². The van der Waals surface area contributed by atoms with Crippen molar-refractivity contribution >= 4 is 23.6 Å². The molecule has 28 heavy (non-hydrogen) atoms. The molecule has 1 aromatic heterocycles. The summed E-state index contributed by atoms with van der Waals surface area (Å²) in [6, 6.07) is 6.74. The fourth-order valence-electron chi connectivity index (χ4n) is 2.97. The lowest BCUT2D eigenvalue weighted by Gasteiger charge is -2.13. The number of benzene rings is 1. The van der Waals surface area contributed by atoms with E-state index in [1.807, 2.05) is 12.1 Å². The number of ether oxygens (including phenoxy) is 3. The highest BCUT2D eigenvalue weighted by molar-refractivity contribution is 6.06. The first-order valence-corrected chi connectivity index (χ1v) is 8.90. The van der Waals surface area contributed by atoms with Gasteiger partial charge in [0.1, 0.15) is 11.5 Å². The van der Waals surface area contributed by atoms with Gasteiger partial charge >= 0.3 is 5.97 Å². The molecule has 0 aliphatic heterocycles. The van der Waals surface area contributed by atoms with Crippen LogP contribution in [0.4, 0.5) is 5.69 Å². The summed E-state index contributed by atoms with van der Waals surface area (Å²) in [5.74, 6) is 2.38. The van der Waals surface area contributed by atoms with E-state index >= 15 is 0 Å². The van der Waals surface area contributed by atoms with Crippen LogP contribution >= 0.6 is 0 Å². The highest BCUT2D eigenvalue weighted by Crippen LogP contribution is 2.47. The minimum Gasteiger partial charge on any atom is -0.493 e. The van der Waals surface area contributed by atoms with Gasteiger partial charge in [-0.1, -0.05) is 6.92 Å². The SMILES string of the molecule is COC(=O)c1cc(OC)c(OC)cc1NC(=O)C=Cc1ccc(C2CC2C)o1. The first-order chi connectivity index (χ1) is 13.5. The summed E-state index contributed by atoms with van der Waals surface area (Å²) in [5, 5.41) is 2.67. The standard InChI is InChI=1S/C21H23NO6/c1-12-9-14(12)17-7-5-13(28-17)6-8-20(23)22-16-11-19(26-3)18(25-2)10-15(16)21(24)27-4/h5-8,10-12,14H,9H2,1-4H3,(H,22,23). The van der Waals surface area contributed by atoms with Gasteiger partial charge in [-0.25, -0.2) is 4.79 Å². The predicted octanol–water partition coefficient (Wildman–Crippen LogP) is 3.86. The Labute approximate surface area is 163 Å². The summed E-state index contributed by atoms with van der Waals surface area (Å²) >= 11 is 0. The van der Waals surface area contributed by atoms with Crippen molar-refractivity contribution in [1.29, 1.82) is 0 Å². The van der Waals surface area contributed by atoms with Crippen molar-refractivity contribution in [3.05, 3.63) is 47.4 Å². The molecule has 1 amide bonds. The quantitative estimate of drug-likeness (QED) is 0.575. The van der Waals surface area contributed by atoms with E-state index in [2.05, 4.69) is 12.2 Å². The smallest absolute Gasteiger partial charge is 0.340 e. The molecule has 7 heteroatoms. The summed E-state index contributed by atoms with van der Waals surface area (Å²) in [7, 11) is 4.19. The fourth-order valence-corrected chi connectivity index (χ4v) is 2.97. The number of nitrogens with one attached hydrogen (secondary N) is 1. The zero-order valence-corrected chi connectivity index (χ0v) is 16.3. The van der Waals surface area contributed by atoms with Gasteiger partial charge in [0.25, 0.3) is 0 Å². The van der Waals surface area contributed by atoms with E-state index in [9.17, 15) is 9.59 Å². The average Bonchev–Trinajstić information content (AvgIpc) is 3.24. The summed E-state index contributed by atoms with van der Waals surface area (Å²) in [6.07, 6.45) is 4.06. The summed E-state index contributed by atoms with van der Waals surface area (Å²) < 4.78 is 21.0. The largest absolute Gasteiger partial charge is 0.493 e. The van der Waals surface area contributed by atoms with Gasteiger partial charge in [-0.2, -0.15) is 0 Å². The van der Waals surface area contributed by atoms with Crippen molar-refractivity contribution in [3.8, 4) is 11.5 Å². The number of hydrogen-bond donors (Lipinski definition) is 1. The number of hydrogen-bond acceptors (Lipinski definition) is 6. The molecule has 148 valence electrons. The van der Waals surface area contributed by atoms with E-state index in [0.717, 1.165) is 12.2 Å². The number of rotatable bonds is 7. The molecule has 2 unspecified atom stereocenters. The van der Waals surface area contributed by atoms with E-state index in [4.69, 9.17) is 18.6 Å². The van der Waals surface area contributed by atoms with Crippen molar-refractivity contribution in [2.75, 3.05) is 26.6 Å². The topological polar surface area (TPSA) is 87.0 Å². The van der Waals surface area contributed by atoms with Crippen LogP contribution in [0.2, 0.25) is 0 Å². The molecule has 1 aromatic carbocycles. The number of amides is 1. The monoisotopic (exact) mass is 385 g/mol. The Kier molecular flexibility index (Phi) is 5.73. The number of esters is 1. The van der Waals surface area contributed by atoms with Gasteiger partial charge in [-0.05, 0) is 30.5 Å². The van der Waals surface area contributed by atoms with Crippen molar-refractivity contribution in [3.63, 3.8) is 0 Å². The van der Waals surface area contributed by atoms with Crippen molar-refractivity contribution in [1.82, 2.24) is 0 Å². The highest BCUT2D eigenvalue weighted by Gasteiger charge is 2.36. The zero-order valence-electron chi connectivity index (χ0n) is 16.3. The fraction of sp³-hybridized carbons (Fsp3) is 0.333. The third kappa shape index (κ3) is 4.19. The summed E-state index contributed by atoms with van der Waals surface area (Å²) in [5.41, 5.74) is 0.413. The van der Waals surface area contributed by atoms with Crippen LogP contribution in [0.25, 0.3) is 6.08 Å². The molecule has 1 aliphatic rings. The lowest BCUT2D eigenvalue weighted by Crippen LogP contribution is -2.13. The molecule has 0 saturated heterocycles. The van der Waals surface area contributed by atoms with Crippen LogP contribution in [0, 0.1) is 5.92 Å². The Morgan fingerprint density at radius 2 is 1.82 bits per heavy atom. The van der Waals surface area contributed by atoms with E-state index in [1.165, 1.54) is 39.5 Å². The van der Waals surface area contributed by atoms with Gasteiger partial charge in [0, 0.05) is 24.1 Å². The van der Waals surface area contributed by atoms with Gasteiger partial charge in [0.15, 0.2) is 11.5 Å². The zero-order chi connectivity index (χ0) is 20.3. The Hall–Kier alpha value is -3.22. The van der Waals surface area contributed by atoms with Gasteiger partial charge in [-0.15, -0.1) is 0 Å². The molecule has 0 bridgehead atoms.